The molecule has 5 heteroatoms. The van der Waals surface area contributed by atoms with Crippen LogP contribution < -0.4 is 15.2 Å². The molecule has 1 atom stereocenters. The van der Waals surface area contributed by atoms with E-state index in [9.17, 15) is 4.79 Å². The fraction of sp³-hybridized carbons (Fsp3) is 0.611. The van der Waals surface area contributed by atoms with Crippen LogP contribution >= 0.6 is 0 Å². The Bertz CT molecular complexity index is 535. The molecule has 0 spiro atoms. The van der Waals surface area contributed by atoms with E-state index in [-0.39, 0.29) is 17.4 Å². The predicted molar refractivity (Wildman–Crippen MR) is 90.8 cm³/mol. The van der Waals surface area contributed by atoms with Crippen molar-refractivity contribution in [3.63, 3.8) is 0 Å². The number of piperidine rings is 1. The van der Waals surface area contributed by atoms with Crippen LogP contribution in [0.3, 0.4) is 0 Å². The predicted octanol–water partition coefficient (Wildman–Crippen LogP) is 2.22. The highest BCUT2D eigenvalue weighted by atomic mass is 16.5. The van der Waals surface area contributed by atoms with Gasteiger partial charge in [-0.05, 0) is 36.0 Å². The first kappa shape index (κ1) is 17.6. The Balaban J connectivity index is 1.97. The number of nitrogens with two attached hydrogens (primary N) is 1. The second-order valence-electron chi connectivity index (χ2n) is 6.92. The van der Waals surface area contributed by atoms with E-state index in [1.807, 2.05) is 23.1 Å². The van der Waals surface area contributed by atoms with Crippen molar-refractivity contribution in [2.24, 2.45) is 11.1 Å². The number of rotatable bonds is 5. The number of likely N-dealkylation sites (tertiary alicyclic amines) is 1. The van der Waals surface area contributed by atoms with Gasteiger partial charge in [0.2, 0.25) is 5.91 Å². The van der Waals surface area contributed by atoms with Crippen molar-refractivity contribution in [2.45, 2.75) is 39.2 Å². The Morgan fingerprint density at radius 2 is 1.87 bits per heavy atom. The van der Waals surface area contributed by atoms with Gasteiger partial charge in [-0.2, -0.15) is 0 Å². The third-order valence-electron chi connectivity index (χ3n) is 4.70. The highest BCUT2D eigenvalue weighted by Crippen LogP contribution is 2.28. The summed E-state index contributed by atoms with van der Waals surface area (Å²) in [5, 5.41) is 0. The van der Waals surface area contributed by atoms with Crippen molar-refractivity contribution in [3.05, 3.63) is 23.8 Å². The summed E-state index contributed by atoms with van der Waals surface area (Å²) >= 11 is 0. The lowest BCUT2D eigenvalue weighted by atomic mass is 9.79. The first-order valence-electron chi connectivity index (χ1n) is 8.11. The summed E-state index contributed by atoms with van der Waals surface area (Å²) in [6.07, 6.45) is 2.03. The van der Waals surface area contributed by atoms with Crippen LogP contribution in [-0.4, -0.2) is 44.2 Å². The molecule has 23 heavy (non-hydrogen) atoms. The Kier molecular flexibility index (Phi) is 5.52. The summed E-state index contributed by atoms with van der Waals surface area (Å²) in [5.41, 5.74) is 7.16. The highest BCUT2D eigenvalue weighted by molar-refractivity contribution is 5.76. The number of hydrogen-bond acceptors (Lipinski definition) is 4. The van der Waals surface area contributed by atoms with E-state index in [1.54, 1.807) is 14.2 Å². The fourth-order valence-electron chi connectivity index (χ4n) is 3.01. The number of ether oxygens (including phenoxy) is 2. The minimum Gasteiger partial charge on any atom is -0.497 e. The number of aryl methyl sites for hydroxylation is 1. The molecule has 1 unspecified atom stereocenters. The van der Waals surface area contributed by atoms with E-state index in [4.69, 9.17) is 15.2 Å². The Morgan fingerprint density at radius 3 is 2.39 bits per heavy atom. The Hall–Kier alpha value is -1.75. The molecule has 1 aromatic rings. The van der Waals surface area contributed by atoms with Gasteiger partial charge in [0, 0.05) is 31.6 Å². The topological polar surface area (TPSA) is 64.8 Å². The number of amides is 1. The Morgan fingerprint density at radius 1 is 1.26 bits per heavy atom. The molecule has 0 bridgehead atoms. The lowest BCUT2D eigenvalue weighted by Crippen LogP contribution is -2.54. The van der Waals surface area contributed by atoms with Gasteiger partial charge in [-0.15, -0.1) is 0 Å². The number of methoxy groups -OCH3 is 2. The Labute approximate surface area is 138 Å². The second-order valence-corrected chi connectivity index (χ2v) is 6.92. The zero-order chi connectivity index (χ0) is 17.0. The van der Waals surface area contributed by atoms with Gasteiger partial charge < -0.3 is 20.1 Å². The maximum absolute atomic E-state index is 12.5. The smallest absolute Gasteiger partial charge is 0.222 e. The molecule has 2 N–H and O–H groups in total. The molecule has 0 aliphatic carbocycles. The molecule has 1 saturated heterocycles. The standard InChI is InChI=1S/C18H28N2O3/c1-18(2)12-20(8-7-16(18)19)17(21)6-5-13-9-14(22-3)11-15(10-13)23-4/h9-11,16H,5-8,12,19H2,1-4H3. The molecule has 2 rings (SSSR count). The summed E-state index contributed by atoms with van der Waals surface area (Å²) in [7, 11) is 3.26. The van der Waals surface area contributed by atoms with E-state index >= 15 is 0 Å². The number of carbonyl (C=O) groups excluding carboxylic acids is 1. The van der Waals surface area contributed by atoms with Crippen molar-refractivity contribution in [1.82, 2.24) is 4.90 Å². The molecule has 0 aromatic heterocycles. The zero-order valence-electron chi connectivity index (χ0n) is 14.6. The molecule has 128 valence electrons. The maximum Gasteiger partial charge on any atom is 0.222 e. The highest BCUT2D eigenvalue weighted by Gasteiger charge is 2.35. The molecule has 1 amide bonds. The minimum absolute atomic E-state index is 0.0207. The molecule has 1 fully saturated rings. The molecule has 1 aliphatic rings. The van der Waals surface area contributed by atoms with Gasteiger partial charge >= 0.3 is 0 Å². The van der Waals surface area contributed by atoms with Crippen LogP contribution in [0.2, 0.25) is 0 Å². The lowest BCUT2D eigenvalue weighted by Gasteiger charge is -2.42. The number of hydrogen-bond donors (Lipinski definition) is 1. The molecule has 1 heterocycles. The average molecular weight is 320 g/mol. The van der Waals surface area contributed by atoms with Gasteiger partial charge in [0.15, 0.2) is 0 Å². The summed E-state index contributed by atoms with van der Waals surface area (Å²) in [4.78, 5) is 14.4. The molecular weight excluding hydrogens is 292 g/mol. The summed E-state index contributed by atoms with van der Waals surface area (Å²) in [6.45, 7) is 5.74. The van der Waals surface area contributed by atoms with Crippen molar-refractivity contribution in [1.29, 1.82) is 0 Å². The number of benzene rings is 1. The van der Waals surface area contributed by atoms with Crippen molar-refractivity contribution < 1.29 is 14.3 Å². The van der Waals surface area contributed by atoms with E-state index in [0.29, 0.717) is 12.8 Å². The fourth-order valence-corrected chi connectivity index (χ4v) is 3.01. The molecule has 1 aromatic carbocycles. The van der Waals surface area contributed by atoms with Gasteiger partial charge in [-0.3, -0.25) is 4.79 Å². The third kappa shape index (κ3) is 4.38. The summed E-state index contributed by atoms with van der Waals surface area (Å²) < 4.78 is 10.5. The van der Waals surface area contributed by atoms with Gasteiger partial charge in [0.05, 0.1) is 14.2 Å². The van der Waals surface area contributed by atoms with Crippen molar-refractivity contribution in [3.8, 4) is 11.5 Å². The molecular formula is C18H28N2O3. The SMILES string of the molecule is COc1cc(CCC(=O)N2CCC(N)C(C)(C)C2)cc(OC)c1. The van der Waals surface area contributed by atoms with E-state index in [0.717, 1.165) is 36.6 Å². The van der Waals surface area contributed by atoms with Crippen molar-refractivity contribution in [2.75, 3.05) is 27.3 Å². The normalized spacial score (nSPS) is 20.2. The second kappa shape index (κ2) is 7.21. The van der Waals surface area contributed by atoms with E-state index in [1.165, 1.54) is 0 Å². The van der Waals surface area contributed by atoms with Gasteiger partial charge in [0.25, 0.3) is 0 Å². The van der Waals surface area contributed by atoms with E-state index < -0.39 is 0 Å². The van der Waals surface area contributed by atoms with Gasteiger partial charge in [0.1, 0.15) is 11.5 Å². The van der Waals surface area contributed by atoms with Crippen LogP contribution in [0.25, 0.3) is 0 Å². The van der Waals surface area contributed by atoms with Crippen LogP contribution in [0.1, 0.15) is 32.3 Å². The molecule has 0 saturated carbocycles. The van der Waals surface area contributed by atoms with Crippen LogP contribution in [0, 0.1) is 5.41 Å². The number of nitrogens with zero attached hydrogens (tertiary/aromatic N) is 1. The maximum atomic E-state index is 12.5. The largest absolute Gasteiger partial charge is 0.497 e. The first-order chi connectivity index (χ1) is 10.9. The quantitative estimate of drug-likeness (QED) is 0.903. The van der Waals surface area contributed by atoms with Gasteiger partial charge in [-0.1, -0.05) is 13.8 Å². The zero-order valence-corrected chi connectivity index (χ0v) is 14.6. The van der Waals surface area contributed by atoms with Crippen molar-refractivity contribution >= 4 is 5.91 Å². The molecule has 0 radical (unpaired) electrons. The number of carbonyl (C=O) groups is 1. The van der Waals surface area contributed by atoms with Gasteiger partial charge in [-0.25, -0.2) is 0 Å². The monoisotopic (exact) mass is 320 g/mol. The average Bonchev–Trinajstić information content (AvgIpc) is 2.54. The first-order valence-corrected chi connectivity index (χ1v) is 8.11. The van der Waals surface area contributed by atoms with Crippen LogP contribution in [0.5, 0.6) is 11.5 Å². The molecule has 5 nitrogen and oxygen atoms in total. The van der Waals surface area contributed by atoms with E-state index in [2.05, 4.69) is 13.8 Å². The summed E-state index contributed by atoms with van der Waals surface area (Å²) in [6, 6.07) is 5.89. The van der Waals surface area contributed by atoms with Crippen LogP contribution in [0.4, 0.5) is 0 Å². The third-order valence-corrected chi connectivity index (χ3v) is 4.70. The molecule has 1 aliphatic heterocycles. The lowest BCUT2D eigenvalue weighted by molar-refractivity contribution is -0.134. The van der Waals surface area contributed by atoms with Crippen LogP contribution in [0.15, 0.2) is 18.2 Å². The summed E-state index contributed by atoms with van der Waals surface area (Å²) in [5.74, 6) is 1.68. The van der Waals surface area contributed by atoms with Crippen LogP contribution in [-0.2, 0) is 11.2 Å². The minimum atomic E-state index is -0.0207.